The number of aliphatic hydroxyl groups excluding tert-OH is 1. The highest BCUT2D eigenvalue weighted by Crippen LogP contribution is 2.36. The summed E-state index contributed by atoms with van der Waals surface area (Å²) in [6.07, 6.45) is -0.785. The molecule has 0 spiro atoms. The Labute approximate surface area is 129 Å². The molecule has 0 aliphatic carbocycles. The summed E-state index contributed by atoms with van der Waals surface area (Å²) in [4.78, 5) is 0. The van der Waals surface area contributed by atoms with Crippen molar-refractivity contribution in [3.05, 3.63) is 69.2 Å². The van der Waals surface area contributed by atoms with Crippen molar-refractivity contribution in [3.63, 3.8) is 0 Å². The molecule has 0 heterocycles. The second-order valence-corrected chi connectivity index (χ2v) is 5.65. The van der Waals surface area contributed by atoms with Crippen molar-refractivity contribution in [1.29, 1.82) is 0 Å². The molecule has 106 valence electrons. The molecule has 0 saturated heterocycles. The summed E-state index contributed by atoms with van der Waals surface area (Å²) < 4.78 is 0. The van der Waals surface area contributed by atoms with Crippen molar-refractivity contribution in [1.82, 2.24) is 0 Å². The molecule has 2 nitrogen and oxygen atoms in total. The van der Waals surface area contributed by atoms with Crippen molar-refractivity contribution in [2.45, 2.75) is 18.9 Å². The fourth-order valence-corrected chi connectivity index (χ4v) is 2.80. The minimum Gasteiger partial charge on any atom is -0.388 e. The van der Waals surface area contributed by atoms with Gasteiger partial charge in [-0.3, -0.25) is 0 Å². The number of benzene rings is 2. The van der Waals surface area contributed by atoms with Crippen LogP contribution in [0.5, 0.6) is 0 Å². The molecule has 2 aromatic carbocycles. The van der Waals surface area contributed by atoms with Gasteiger partial charge in [-0.25, -0.2) is 0 Å². The average Bonchev–Trinajstić information content (AvgIpc) is 2.44. The summed E-state index contributed by atoms with van der Waals surface area (Å²) in [6, 6.07) is 13.0. The second-order valence-electron chi connectivity index (χ2n) is 4.81. The van der Waals surface area contributed by atoms with Crippen LogP contribution in [0.4, 0.5) is 0 Å². The molecule has 4 heteroatoms. The van der Waals surface area contributed by atoms with Gasteiger partial charge in [0.2, 0.25) is 0 Å². The molecule has 0 bridgehead atoms. The van der Waals surface area contributed by atoms with Gasteiger partial charge < -0.3 is 10.8 Å². The smallest absolute Gasteiger partial charge is 0.0885 e. The predicted molar refractivity (Wildman–Crippen MR) is 84.4 cm³/mol. The van der Waals surface area contributed by atoms with E-state index >= 15 is 0 Å². The molecule has 2 atom stereocenters. The number of nitrogens with two attached hydrogens (primary N) is 1. The van der Waals surface area contributed by atoms with Crippen LogP contribution < -0.4 is 5.73 Å². The average molecular weight is 310 g/mol. The number of hydrogen-bond donors (Lipinski definition) is 2. The summed E-state index contributed by atoms with van der Waals surface area (Å²) >= 11 is 12.1. The van der Waals surface area contributed by atoms with Gasteiger partial charge in [0.15, 0.2) is 0 Å². The molecule has 0 aromatic heterocycles. The largest absolute Gasteiger partial charge is 0.388 e. The molecule has 2 aromatic rings. The van der Waals surface area contributed by atoms with Crippen LogP contribution in [0, 0.1) is 6.92 Å². The van der Waals surface area contributed by atoms with E-state index in [-0.39, 0.29) is 5.92 Å². The number of aliphatic hydroxyl groups is 1. The highest BCUT2D eigenvalue weighted by Gasteiger charge is 2.24. The molecule has 0 amide bonds. The van der Waals surface area contributed by atoms with Gasteiger partial charge in [-0.15, -0.1) is 0 Å². The predicted octanol–water partition coefficient (Wildman–Crippen LogP) is 4.08. The lowest BCUT2D eigenvalue weighted by molar-refractivity contribution is 0.147. The molecule has 2 unspecified atom stereocenters. The van der Waals surface area contributed by atoms with Gasteiger partial charge in [0.05, 0.1) is 6.10 Å². The number of halogens is 2. The third-order valence-electron chi connectivity index (χ3n) is 3.50. The van der Waals surface area contributed by atoms with Crippen LogP contribution in [0.15, 0.2) is 42.5 Å². The van der Waals surface area contributed by atoms with E-state index in [4.69, 9.17) is 28.9 Å². The van der Waals surface area contributed by atoms with Crippen LogP contribution in [-0.4, -0.2) is 11.7 Å². The fraction of sp³-hybridized carbons (Fsp3) is 0.250. The molecule has 0 aliphatic rings. The van der Waals surface area contributed by atoms with Crippen LogP contribution in [0.3, 0.4) is 0 Å². The van der Waals surface area contributed by atoms with Crippen molar-refractivity contribution in [3.8, 4) is 0 Å². The topological polar surface area (TPSA) is 46.2 Å². The zero-order valence-electron chi connectivity index (χ0n) is 11.2. The van der Waals surface area contributed by atoms with Crippen LogP contribution in [0.1, 0.15) is 28.7 Å². The van der Waals surface area contributed by atoms with Gasteiger partial charge in [-0.2, -0.15) is 0 Å². The third kappa shape index (κ3) is 3.15. The molecule has 20 heavy (non-hydrogen) atoms. The standard InChI is InChI=1S/C16H17Cl2NO/c1-10-4-2-3-5-12(10)14(9-19)16(20)13-8-11(17)6-7-15(13)18/h2-8,14,16,20H,9,19H2,1H3. The molecule has 2 rings (SSSR count). The highest BCUT2D eigenvalue weighted by atomic mass is 35.5. The van der Waals surface area contributed by atoms with E-state index in [9.17, 15) is 5.11 Å². The minimum atomic E-state index is -0.785. The Balaban J connectivity index is 2.41. The normalized spacial score (nSPS) is 14.1. The van der Waals surface area contributed by atoms with E-state index < -0.39 is 6.10 Å². The first-order chi connectivity index (χ1) is 9.54. The lowest BCUT2D eigenvalue weighted by atomic mass is 9.87. The summed E-state index contributed by atoms with van der Waals surface area (Å²) in [5.74, 6) is -0.216. The molecule has 0 radical (unpaired) electrons. The molecule has 0 fully saturated rings. The van der Waals surface area contributed by atoms with Crippen molar-refractivity contribution < 1.29 is 5.11 Å². The fourth-order valence-electron chi connectivity index (χ4n) is 2.39. The maximum absolute atomic E-state index is 10.6. The van der Waals surface area contributed by atoms with Crippen LogP contribution in [0.25, 0.3) is 0 Å². The molecule has 3 N–H and O–H groups in total. The minimum absolute atomic E-state index is 0.216. The zero-order chi connectivity index (χ0) is 14.7. The maximum atomic E-state index is 10.6. The zero-order valence-corrected chi connectivity index (χ0v) is 12.7. The molecular formula is C16H17Cl2NO. The van der Waals surface area contributed by atoms with E-state index in [0.29, 0.717) is 22.2 Å². The van der Waals surface area contributed by atoms with E-state index in [2.05, 4.69) is 0 Å². The first kappa shape index (κ1) is 15.3. The second kappa shape index (κ2) is 6.59. The quantitative estimate of drug-likeness (QED) is 0.894. The van der Waals surface area contributed by atoms with Crippen LogP contribution >= 0.6 is 23.2 Å². The molecule has 0 aliphatic heterocycles. The van der Waals surface area contributed by atoms with Crippen molar-refractivity contribution >= 4 is 23.2 Å². The number of aryl methyl sites for hydroxylation is 1. The first-order valence-electron chi connectivity index (χ1n) is 6.43. The van der Waals surface area contributed by atoms with E-state index in [1.165, 1.54) is 0 Å². The Morgan fingerprint density at radius 1 is 1.10 bits per heavy atom. The van der Waals surface area contributed by atoms with Crippen molar-refractivity contribution in [2.75, 3.05) is 6.54 Å². The molecular weight excluding hydrogens is 293 g/mol. The Kier molecular flexibility index (Phi) is 5.06. The third-order valence-corrected chi connectivity index (χ3v) is 4.08. The van der Waals surface area contributed by atoms with Crippen LogP contribution in [0.2, 0.25) is 10.0 Å². The van der Waals surface area contributed by atoms with Crippen molar-refractivity contribution in [2.24, 2.45) is 5.73 Å². The lowest BCUT2D eigenvalue weighted by Gasteiger charge is -2.24. The Morgan fingerprint density at radius 2 is 1.80 bits per heavy atom. The van der Waals surface area contributed by atoms with E-state index in [1.54, 1.807) is 18.2 Å². The first-order valence-corrected chi connectivity index (χ1v) is 7.18. The summed E-state index contributed by atoms with van der Waals surface area (Å²) in [7, 11) is 0. The van der Waals surface area contributed by atoms with Crippen LogP contribution in [-0.2, 0) is 0 Å². The summed E-state index contributed by atoms with van der Waals surface area (Å²) in [6.45, 7) is 2.33. The van der Waals surface area contributed by atoms with Gasteiger partial charge in [-0.05, 0) is 36.2 Å². The summed E-state index contributed by atoms with van der Waals surface area (Å²) in [5.41, 5.74) is 8.60. The van der Waals surface area contributed by atoms with Gasteiger partial charge in [0.25, 0.3) is 0 Å². The molecule has 0 saturated carbocycles. The summed E-state index contributed by atoms with van der Waals surface area (Å²) in [5, 5.41) is 11.7. The lowest BCUT2D eigenvalue weighted by Crippen LogP contribution is -2.21. The Hall–Kier alpha value is -1.06. The van der Waals surface area contributed by atoms with Gasteiger partial charge in [-0.1, -0.05) is 47.5 Å². The van der Waals surface area contributed by atoms with Gasteiger partial charge >= 0.3 is 0 Å². The maximum Gasteiger partial charge on any atom is 0.0885 e. The number of hydrogen-bond acceptors (Lipinski definition) is 2. The Morgan fingerprint density at radius 3 is 2.45 bits per heavy atom. The number of rotatable bonds is 4. The van der Waals surface area contributed by atoms with Gasteiger partial charge in [0.1, 0.15) is 0 Å². The Bertz CT molecular complexity index is 601. The highest BCUT2D eigenvalue weighted by molar-refractivity contribution is 6.33. The SMILES string of the molecule is Cc1ccccc1C(CN)C(O)c1cc(Cl)ccc1Cl. The van der Waals surface area contributed by atoms with Gasteiger partial charge in [0, 0.05) is 28.1 Å². The van der Waals surface area contributed by atoms with E-state index in [0.717, 1.165) is 11.1 Å². The van der Waals surface area contributed by atoms with E-state index in [1.807, 2.05) is 31.2 Å². The monoisotopic (exact) mass is 309 g/mol.